The zero-order chi connectivity index (χ0) is 11.5. The quantitative estimate of drug-likeness (QED) is 0.618. The van der Waals surface area contributed by atoms with Crippen molar-refractivity contribution in [2.75, 3.05) is 5.73 Å². The molecule has 1 aromatic carbocycles. The molecule has 15 heavy (non-hydrogen) atoms. The van der Waals surface area contributed by atoms with Gasteiger partial charge < -0.3 is 10.5 Å². The SMILES string of the molecule is CC(C)(C)OC(=S)Cc1cccc(N)c1. The van der Waals surface area contributed by atoms with Gasteiger partial charge >= 0.3 is 0 Å². The summed E-state index contributed by atoms with van der Waals surface area (Å²) in [5, 5.41) is 0.605. The predicted octanol–water partition coefficient (Wildman–Crippen LogP) is 2.95. The Morgan fingerprint density at radius 2 is 2.07 bits per heavy atom. The Labute approximate surface area is 96.4 Å². The summed E-state index contributed by atoms with van der Waals surface area (Å²) < 4.78 is 5.57. The minimum Gasteiger partial charge on any atom is -0.481 e. The molecular formula is C12H17NOS. The van der Waals surface area contributed by atoms with Gasteiger partial charge in [0.05, 0.1) is 0 Å². The van der Waals surface area contributed by atoms with Gasteiger partial charge in [-0.3, -0.25) is 0 Å². The summed E-state index contributed by atoms with van der Waals surface area (Å²) in [6.45, 7) is 5.95. The van der Waals surface area contributed by atoms with E-state index in [4.69, 9.17) is 22.7 Å². The Morgan fingerprint density at radius 1 is 1.40 bits per heavy atom. The van der Waals surface area contributed by atoms with Gasteiger partial charge in [0.15, 0.2) is 5.05 Å². The summed E-state index contributed by atoms with van der Waals surface area (Å²) in [6, 6.07) is 7.69. The standard InChI is InChI=1S/C12H17NOS/c1-12(2,3)14-11(15)8-9-5-4-6-10(13)7-9/h4-7H,8,13H2,1-3H3. The number of thiocarbonyl (C=S) groups is 1. The van der Waals surface area contributed by atoms with Crippen LogP contribution in [-0.4, -0.2) is 10.7 Å². The summed E-state index contributed by atoms with van der Waals surface area (Å²) in [5.74, 6) is 0. The number of hydrogen-bond acceptors (Lipinski definition) is 3. The van der Waals surface area contributed by atoms with Crippen molar-refractivity contribution in [3.05, 3.63) is 29.8 Å². The third kappa shape index (κ3) is 4.79. The molecule has 3 heteroatoms. The first-order chi connectivity index (χ1) is 6.87. The average Bonchev–Trinajstić information content (AvgIpc) is 1.99. The maximum atomic E-state index is 5.68. The van der Waals surface area contributed by atoms with E-state index in [1.54, 1.807) is 0 Å². The molecule has 0 aliphatic carbocycles. The minimum absolute atomic E-state index is 0.225. The summed E-state index contributed by atoms with van der Waals surface area (Å²) in [5.41, 5.74) is 7.30. The van der Waals surface area contributed by atoms with Crippen LogP contribution in [0.25, 0.3) is 0 Å². The van der Waals surface area contributed by atoms with E-state index in [-0.39, 0.29) is 5.60 Å². The lowest BCUT2D eigenvalue weighted by molar-refractivity contribution is 0.118. The number of nitrogen functional groups attached to an aromatic ring is 1. The summed E-state index contributed by atoms with van der Waals surface area (Å²) in [7, 11) is 0. The first-order valence-corrected chi connectivity index (χ1v) is 5.34. The van der Waals surface area contributed by atoms with E-state index in [2.05, 4.69) is 0 Å². The lowest BCUT2D eigenvalue weighted by Crippen LogP contribution is -2.23. The number of ether oxygens (including phenoxy) is 1. The van der Waals surface area contributed by atoms with Crippen LogP contribution in [0, 0.1) is 0 Å². The molecule has 0 aromatic heterocycles. The fourth-order valence-electron chi connectivity index (χ4n) is 1.25. The molecule has 0 saturated carbocycles. The van der Waals surface area contributed by atoms with E-state index >= 15 is 0 Å². The number of anilines is 1. The molecule has 1 aromatic rings. The van der Waals surface area contributed by atoms with Crippen molar-refractivity contribution >= 4 is 23.0 Å². The number of rotatable bonds is 2. The summed E-state index contributed by atoms with van der Waals surface area (Å²) >= 11 is 5.16. The topological polar surface area (TPSA) is 35.2 Å². The summed E-state index contributed by atoms with van der Waals surface area (Å²) in [4.78, 5) is 0. The van der Waals surface area contributed by atoms with Crippen LogP contribution < -0.4 is 5.73 Å². The molecule has 0 radical (unpaired) electrons. The number of nitrogens with two attached hydrogens (primary N) is 1. The van der Waals surface area contributed by atoms with Crippen molar-refractivity contribution in [3.63, 3.8) is 0 Å². The molecule has 0 fully saturated rings. The smallest absolute Gasteiger partial charge is 0.164 e. The van der Waals surface area contributed by atoms with Crippen LogP contribution in [0.3, 0.4) is 0 Å². The van der Waals surface area contributed by atoms with Gasteiger partial charge in [-0.2, -0.15) is 0 Å². The molecule has 1 rings (SSSR count). The summed E-state index contributed by atoms with van der Waals surface area (Å²) in [6.07, 6.45) is 0.637. The molecule has 2 N–H and O–H groups in total. The number of benzene rings is 1. The monoisotopic (exact) mass is 223 g/mol. The van der Waals surface area contributed by atoms with Crippen LogP contribution in [0.1, 0.15) is 26.3 Å². The van der Waals surface area contributed by atoms with Crippen LogP contribution in [0.2, 0.25) is 0 Å². The molecule has 0 aliphatic heterocycles. The van der Waals surface area contributed by atoms with E-state index in [0.717, 1.165) is 11.3 Å². The van der Waals surface area contributed by atoms with Gasteiger partial charge in [0.2, 0.25) is 0 Å². The Kier molecular flexibility index (Phi) is 3.69. The molecule has 0 saturated heterocycles. The Morgan fingerprint density at radius 3 is 2.60 bits per heavy atom. The van der Waals surface area contributed by atoms with Crippen LogP contribution in [-0.2, 0) is 11.2 Å². The van der Waals surface area contributed by atoms with E-state index < -0.39 is 0 Å². The second kappa shape index (κ2) is 4.62. The third-order valence-electron chi connectivity index (χ3n) is 1.72. The molecule has 0 spiro atoms. The van der Waals surface area contributed by atoms with Crippen molar-refractivity contribution < 1.29 is 4.74 Å². The van der Waals surface area contributed by atoms with E-state index in [1.165, 1.54) is 0 Å². The van der Waals surface area contributed by atoms with Crippen LogP contribution >= 0.6 is 12.2 Å². The van der Waals surface area contributed by atoms with Crippen LogP contribution in [0.15, 0.2) is 24.3 Å². The van der Waals surface area contributed by atoms with E-state index in [0.29, 0.717) is 11.5 Å². The van der Waals surface area contributed by atoms with E-state index in [1.807, 2.05) is 45.0 Å². The lowest BCUT2D eigenvalue weighted by atomic mass is 10.1. The van der Waals surface area contributed by atoms with Crippen molar-refractivity contribution in [1.82, 2.24) is 0 Å². The second-order valence-corrected chi connectivity index (χ2v) is 4.96. The largest absolute Gasteiger partial charge is 0.481 e. The normalized spacial score (nSPS) is 11.1. The second-order valence-electron chi connectivity index (χ2n) is 4.51. The number of hydrogen-bond donors (Lipinski definition) is 1. The predicted molar refractivity (Wildman–Crippen MR) is 68.0 cm³/mol. The molecular weight excluding hydrogens is 206 g/mol. The zero-order valence-electron chi connectivity index (χ0n) is 9.41. The molecule has 82 valence electrons. The lowest BCUT2D eigenvalue weighted by Gasteiger charge is -2.21. The van der Waals surface area contributed by atoms with Gasteiger partial charge in [-0.15, -0.1) is 0 Å². The zero-order valence-corrected chi connectivity index (χ0v) is 10.2. The maximum Gasteiger partial charge on any atom is 0.164 e. The van der Waals surface area contributed by atoms with Crippen molar-refractivity contribution in [2.24, 2.45) is 0 Å². The highest BCUT2D eigenvalue weighted by Crippen LogP contribution is 2.13. The maximum absolute atomic E-state index is 5.68. The molecule has 0 unspecified atom stereocenters. The fraction of sp³-hybridized carbons (Fsp3) is 0.417. The molecule has 0 heterocycles. The molecule has 2 nitrogen and oxygen atoms in total. The van der Waals surface area contributed by atoms with Gasteiger partial charge in [0, 0.05) is 12.1 Å². The van der Waals surface area contributed by atoms with Crippen molar-refractivity contribution in [2.45, 2.75) is 32.8 Å². The molecule has 0 amide bonds. The Hall–Kier alpha value is -1.09. The van der Waals surface area contributed by atoms with E-state index in [9.17, 15) is 0 Å². The van der Waals surface area contributed by atoms with Crippen LogP contribution in [0.4, 0.5) is 5.69 Å². The van der Waals surface area contributed by atoms with Gasteiger partial charge in [-0.05, 0) is 50.7 Å². The molecule has 0 bridgehead atoms. The highest BCUT2D eigenvalue weighted by molar-refractivity contribution is 7.80. The molecule has 0 aliphatic rings. The van der Waals surface area contributed by atoms with Crippen molar-refractivity contribution in [1.29, 1.82) is 0 Å². The average molecular weight is 223 g/mol. The van der Waals surface area contributed by atoms with Crippen molar-refractivity contribution in [3.8, 4) is 0 Å². The Balaban J connectivity index is 2.59. The van der Waals surface area contributed by atoms with Gasteiger partial charge in [0.25, 0.3) is 0 Å². The first-order valence-electron chi connectivity index (χ1n) is 4.93. The highest BCUT2D eigenvalue weighted by atomic mass is 32.1. The van der Waals surface area contributed by atoms with Crippen LogP contribution in [0.5, 0.6) is 0 Å². The highest BCUT2D eigenvalue weighted by Gasteiger charge is 2.13. The fourth-order valence-corrected chi connectivity index (χ4v) is 1.66. The molecule has 0 atom stereocenters. The van der Waals surface area contributed by atoms with Gasteiger partial charge in [0.1, 0.15) is 5.60 Å². The Bertz CT molecular complexity index is 355. The minimum atomic E-state index is -0.225. The van der Waals surface area contributed by atoms with Gasteiger partial charge in [-0.1, -0.05) is 12.1 Å². The first kappa shape index (κ1) is 12.0. The van der Waals surface area contributed by atoms with Gasteiger partial charge in [-0.25, -0.2) is 0 Å². The third-order valence-corrected chi connectivity index (χ3v) is 1.95.